The average molecular weight is 423 g/mol. The number of hydrogen-bond acceptors (Lipinski definition) is 4. The van der Waals surface area contributed by atoms with Gasteiger partial charge in [0.2, 0.25) is 5.76 Å². The molecule has 1 amide bonds. The molecule has 0 aliphatic carbocycles. The van der Waals surface area contributed by atoms with Gasteiger partial charge in [-0.2, -0.15) is 0 Å². The molecule has 1 aromatic heterocycles. The number of hydrogen-bond donors (Lipinski definition) is 0. The molecule has 2 aromatic carbocycles. The lowest BCUT2D eigenvalue weighted by atomic mass is 9.97. The third kappa shape index (κ3) is 3.55. The first-order chi connectivity index (χ1) is 14.9. The van der Waals surface area contributed by atoms with Crippen LogP contribution in [0.25, 0.3) is 11.0 Å². The van der Waals surface area contributed by atoms with Gasteiger partial charge in [-0.15, -0.1) is 0 Å². The van der Waals surface area contributed by atoms with Crippen LogP contribution >= 0.6 is 0 Å². The van der Waals surface area contributed by atoms with Gasteiger partial charge in [-0.25, -0.2) is 4.39 Å². The number of halogens is 1. The summed E-state index contributed by atoms with van der Waals surface area (Å²) >= 11 is 0. The van der Waals surface area contributed by atoms with E-state index in [2.05, 4.69) is 18.7 Å². The number of likely N-dealkylation sites (N-methyl/N-ethyl adjacent to an activating group) is 1. The highest BCUT2D eigenvalue weighted by Gasteiger charge is 2.43. The second kappa shape index (κ2) is 8.27. The minimum atomic E-state index is -0.804. The Bertz CT molecular complexity index is 1210. The molecule has 0 bridgehead atoms. The molecule has 0 saturated carbocycles. The van der Waals surface area contributed by atoms with Crippen molar-refractivity contribution in [2.45, 2.75) is 33.7 Å². The number of nitrogens with zero attached hydrogens (tertiary/aromatic N) is 2. The third-order valence-corrected chi connectivity index (χ3v) is 6.33. The summed E-state index contributed by atoms with van der Waals surface area (Å²) < 4.78 is 20.8. The van der Waals surface area contributed by atoms with Gasteiger partial charge in [-0.05, 0) is 56.3 Å². The van der Waals surface area contributed by atoms with Crippen molar-refractivity contribution >= 4 is 16.9 Å². The van der Waals surface area contributed by atoms with Crippen molar-refractivity contribution in [1.82, 2.24) is 9.80 Å². The molecule has 2 heterocycles. The van der Waals surface area contributed by atoms with Crippen molar-refractivity contribution in [3.05, 3.63) is 80.5 Å². The SMILES string of the molecule is CCN(CC)CCN1C(=O)c2oc3cc(C)c(C)cc3c(=O)c2[C@H]1c1ccccc1F. The van der Waals surface area contributed by atoms with Crippen LogP contribution in [0.3, 0.4) is 0 Å². The lowest BCUT2D eigenvalue weighted by molar-refractivity contribution is 0.0706. The van der Waals surface area contributed by atoms with E-state index in [-0.39, 0.29) is 22.7 Å². The van der Waals surface area contributed by atoms with Gasteiger partial charge in [0.05, 0.1) is 17.0 Å². The normalized spacial score (nSPS) is 15.9. The molecule has 31 heavy (non-hydrogen) atoms. The van der Waals surface area contributed by atoms with Crippen LogP contribution in [-0.4, -0.2) is 41.9 Å². The van der Waals surface area contributed by atoms with Crippen LogP contribution in [0.2, 0.25) is 0 Å². The Morgan fingerprint density at radius 1 is 1.06 bits per heavy atom. The number of rotatable bonds is 6. The van der Waals surface area contributed by atoms with Crippen LogP contribution in [-0.2, 0) is 0 Å². The van der Waals surface area contributed by atoms with Crippen molar-refractivity contribution in [3.8, 4) is 0 Å². The average Bonchev–Trinajstić information content (AvgIpc) is 3.03. The van der Waals surface area contributed by atoms with E-state index in [1.165, 1.54) is 6.07 Å². The second-order valence-electron chi connectivity index (χ2n) is 8.06. The van der Waals surface area contributed by atoms with Crippen molar-refractivity contribution in [2.24, 2.45) is 0 Å². The van der Waals surface area contributed by atoms with Gasteiger partial charge < -0.3 is 14.2 Å². The summed E-state index contributed by atoms with van der Waals surface area (Å²) in [5.41, 5.74) is 2.59. The molecule has 3 aromatic rings. The van der Waals surface area contributed by atoms with Crippen LogP contribution in [0.4, 0.5) is 4.39 Å². The van der Waals surface area contributed by atoms with E-state index in [1.54, 1.807) is 35.2 Å². The van der Waals surface area contributed by atoms with E-state index < -0.39 is 11.9 Å². The number of carbonyl (C=O) groups is 1. The molecule has 0 fully saturated rings. The summed E-state index contributed by atoms with van der Waals surface area (Å²) in [6.45, 7) is 10.7. The van der Waals surface area contributed by atoms with Gasteiger partial charge in [0.1, 0.15) is 11.4 Å². The Hall–Kier alpha value is -2.99. The quantitative estimate of drug-likeness (QED) is 0.590. The maximum absolute atomic E-state index is 14.8. The highest BCUT2D eigenvalue weighted by atomic mass is 19.1. The Morgan fingerprint density at radius 3 is 2.42 bits per heavy atom. The standard InChI is InChI=1S/C25H27FN2O3/c1-5-27(6-2)11-12-28-22(17-9-7-8-10-19(17)26)21-23(29)18-13-15(3)16(4)14-20(18)31-24(21)25(28)30/h7-10,13-14,22H,5-6,11-12H2,1-4H3/t22-/m1/s1. The molecule has 5 nitrogen and oxygen atoms in total. The lowest BCUT2D eigenvalue weighted by Gasteiger charge is -2.28. The third-order valence-electron chi connectivity index (χ3n) is 6.33. The van der Waals surface area contributed by atoms with Crippen LogP contribution in [0, 0.1) is 19.7 Å². The zero-order valence-corrected chi connectivity index (χ0v) is 18.4. The van der Waals surface area contributed by atoms with E-state index in [4.69, 9.17) is 4.42 Å². The molecule has 0 saturated heterocycles. The fourth-order valence-electron chi connectivity index (χ4n) is 4.32. The first kappa shape index (κ1) is 21.2. The van der Waals surface area contributed by atoms with Crippen molar-refractivity contribution < 1.29 is 13.6 Å². The van der Waals surface area contributed by atoms with Crippen LogP contribution in [0.5, 0.6) is 0 Å². The molecular weight excluding hydrogens is 395 g/mol. The van der Waals surface area contributed by atoms with Gasteiger partial charge in [0.15, 0.2) is 5.43 Å². The Balaban J connectivity index is 1.92. The predicted octanol–water partition coefficient (Wildman–Crippen LogP) is 4.44. The van der Waals surface area contributed by atoms with Gasteiger partial charge >= 0.3 is 0 Å². The number of carbonyl (C=O) groups excluding carboxylic acids is 1. The van der Waals surface area contributed by atoms with Crippen molar-refractivity contribution in [3.63, 3.8) is 0 Å². The molecule has 1 atom stereocenters. The molecule has 0 spiro atoms. The highest BCUT2D eigenvalue weighted by Crippen LogP contribution is 2.39. The largest absolute Gasteiger partial charge is 0.450 e. The summed E-state index contributed by atoms with van der Waals surface area (Å²) in [7, 11) is 0. The second-order valence-corrected chi connectivity index (χ2v) is 8.06. The van der Waals surface area contributed by atoms with Gasteiger partial charge in [0.25, 0.3) is 5.91 Å². The maximum Gasteiger partial charge on any atom is 0.290 e. The number of amides is 1. The number of benzene rings is 2. The molecule has 0 N–H and O–H groups in total. The first-order valence-corrected chi connectivity index (χ1v) is 10.7. The van der Waals surface area contributed by atoms with E-state index in [1.807, 2.05) is 13.8 Å². The minimum absolute atomic E-state index is 0.0218. The Morgan fingerprint density at radius 2 is 1.74 bits per heavy atom. The molecule has 4 rings (SSSR count). The fourth-order valence-corrected chi connectivity index (χ4v) is 4.32. The molecule has 6 heteroatoms. The van der Waals surface area contributed by atoms with E-state index >= 15 is 0 Å². The van der Waals surface area contributed by atoms with Gasteiger partial charge in [-0.1, -0.05) is 32.0 Å². The minimum Gasteiger partial charge on any atom is -0.450 e. The topological polar surface area (TPSA) is 53.8 Å². The molecule has 0 unspecified atom stereocenters. The van der Waals surface area contributed by atoms with E-state index in [0.717, 1.165) is 24.2 Å². The first-order valence-electron chi connectivity index (χ1n) is 10.7. The van der Waals surface area contributed by atoms with Gasteiger partial charge in [0, 0.05) is 18.7 Å². The fraction of sp³-hybridized carbons (Fsp3) is 0.360. The predicted molar refractivity (Wildman–Crippen MR) is 119 cm³/mol. The molecule has 1 aliphatic rings. The van der Waals surface area contributed by atoms with Crippen molar-refractivity contribution in [2.75, 3.05) is 26.2 Å². The summed E-state index contributed by atoms with van der Waals surface area (Å²) in [6.07, 6.45) is 0. The highest BCUT2D eigenvalue weighted by molar-refractivity contribution is 5.99. The monoisotopic (exact) mass is 422 g/mol. The summed E-state index contributed by atoms with van der Waals surface area (Å²) in [4.78, 5) is 30.7. The van der Waals surface area contributed by atoms with Crippen LogP contribution in [0.15, 0.2) is 45.6 Å². The zero-order chi connectivity index (χ0) is 22.3. The zero-order valence-electron chi connectivity index (χ0n) is 18.4. The molecule has 0 radical (unpaired) electrons. The van der Waals surface area contributed by atoms with E-state index in [9.17, 15) is 14.0 Å². The van der Waals surface area contributed by atoms with Crippen molar-refractivity contribution in [1.29, 1.82) is 0 Å². The smallest absolute Gasteiger partial charge is 0.290 e. The molecule has 1 aliphatic heterocycles. The van der Waals surface area contributed by atoms with Crippen LogP contribution in [0.1, 0.15) is 52.7 Å². The summed E-state index contributed by atoms with van der Waals surface area (Å²) in [6, 6.07) is 9.09. The Labute approximate surface area is 181 Å². The summed E-state index contributed by atoms with van der Waals surface area (Å²) in [5, 5.41) is 0.418. The lowest BCUT2D eigenvalue weighted by Crippen LogP contribution is -2.38. The van der Waals surface area contributed by atoms with Gasteiger partial charge in [-0.3, -0.25) is 9.59 Å². The molecular formula is C25H27FN2O3. The summed E-state index contributed by atoms with van der Waals surface area (Å²) in [5.74, 6) is -0.790. The Kier molecular flexibility index (Phi) is 5.67. The maximum atomic E-state index is 14.8. The molecule has 162 valence electrons. The number of aryl methyl sites for hydroxylation is 2. The number of fused-ring (bicyclic) bond motifs is 2. The van der Waals surface area contributed by atoms with E-state index in [0.29, 0.717) is 29.6 Å². The van der Waals surface area contributed by atoms with Crippen LogP contribution < -0.4 is 5.43 Å².